The van der Waals surface area contributed by atoms with Gasteiger partial charge in [-0.2, -0.15) is 0 Å². The molecule has 2 atom stereocenters. The number of aldehydes is 1. The van der Waals surface area contributed by atoms with Gasteiger partial charge in [-0.15, -0.1) is 0 Å². The molecular formula is C11H14ClN3O. The Morgan fingerprint density at radius 2 is 2.31 bits per heavy atom. The highest BCUT2D eigenvalue weighted by molar-refractivity contribution is 6.29. The highest BCUT2D eigenvalue weighted by atomic mass is 35.5. The van der Waals surface area contributed by atoms with Gasteiger partial charge in [0.1, 0.15) is 23.3 Å². The Morgan fingerprint density at radius 3 is 2.94 bits per heavy atom. The van der Waals surface area contributed by atoms with E-state index in [1.165, 1.54) is 0 Å². The Morgan fingerprint density at radius 1 is 1.56 bits per heavy atom. The van der Waals surface area contributed by atoms with Crippen LogP contribution in [0.4, 0.5) is 5.82 Å². The summed E-state index contributed by atoms with van der Waals surface area (Å²) in [6.45, 7) is 2.08. The molecule has 0 radical (unpaired) electrons. The summed E-state index contributed by atoms with van der Waals surface area (Å²) in [4.78, 5) is 15.3. The largest absolute Gasteiger partial charge is 0.301 e. The van der Waals surface area contributed by atoms with Gasteiger partial charge < -0.3 is 4.79 Å². The molecule has 0 amide bonds. The van der Waals surface area contributed by atoms with E-state index in [0.29, 0.717) is 11.2 Å². The zero-order valence-corrected chi connectivity index (χ0v) is 10.1. The molecular weight excluding hydrogens is 226 g/mol. The van der Waals surface area contributed by atoms with Crippen LogP contribution in [0.25, 0.3) is 0 Å². The van der Waals surface area contributed by atoms with Crippen molar-refractivity contribution in [3.05, 3.63) is 23.4 Å². The maximum Gasteiger partial charge on any atom is 0.145 e. The normalized spacial score (nSPS) is 26.1. The van der Waals surface area contributed by atoms with Gasteiger partial charge in [0.15, 0.2) is 0 Å². The van der Waals surface area contributed by atoms with Gasteiger partial charge in [0, 0.05) is 13.1 Å². The molecule has 1 aromatic rings. The highest BCUT2D eigenvalue weighted by Crippen LogP contribution is 2.27. The maximum absolute atomic E-state index is 11.0. The van der Waals surface area contributed by atoms with Gasteiger partial charge in [-0.3, -0.25) is 5.01 Å². The van der Waals surface area contributed by atoms with Crippen molar-refractivity contribution in [1.29, 1.82) is 0 Å². The number of rotatable bonds is 2. The van der Waals surface area contributed by atoms with Crippen LogP contribution in [-0.2, 0) is 4.79 Å². The van der Waals surface area contributed by atoms with E-state index in [2.05, 4.69) is 11.9 Å². The lowest BCUT2D eigenvalue weighted by Gasteiger charge is -2.29. The minimum absolute atomic E-state index is 0.147. The minimum atomic E-state index is -0.147. The summed E-state index contributed by atoms with van der Waals surface area (Å²) in [5.41, 5.74) is 0. The average Bonchev–Trinajstić information content (AvgIpc) is 2.55. The Labute approximate surface area is 99.8 Å². The molecule has 4 nitrogen and oxygen atoms in total. The second-order valence-corrected chi connectivity index (χ2v) is 4.41. The molecule has 1 aliphatic heterocycles. The van der Waals surface area contributed by atoms with Gasteiger partial charge in [-0.1, -0.05) is 17.7 Å². The number of carbonyl (C=O) groups is 1. The molecule has 2 rings (SSSR count). The van der Waals surface area contributed by atoms with Crippen molar-refractivity contribution in [3.8, 4) is 0 Å². The SMILES string of the molecule is CC1CC(C=O)N(c2cccc(Cl)n2)N1C. The predicted octanol–water partition coefficient (Wildman–Crippen LogP) is 1.75. The molecule has 86 valence electrons. The van der Waals surface area contributed by atoms with E-state index in [1.54, 1.807) is 6.07 Å². The third-order valence-corrected chi connectivity index (χ3v) is 3.18. The smallest absolute Gasteiger partial charge is 0.145 e. The van der Waals surface area contributed by atoms with Crippen LogP contribution in [0.3, 0.4) is 0 Å². The first kappa shape index (κ1) is 11.4. The van der Waals surface area contributed by atoms with E-state index in [0.717, 1.165) is 18.5 Å². The molecule has 1 saturated heterocycles. The van der Waals surface area contributed by atoms with Gasteiger partial charge in [0.05, 0.1) is 0 Å². The molecule has 0 spiro atoms. The molecule has 0 aromatic carbocycles. The van der Waals surface area contributed by atoms with Gasteiger partial charge in [0.25, 0.3) is 0 Å². The van der Waals surface area contributed by atoms with Crippen LogP contribution in [0.5, 0.6) is 0 Å². The van der Waals surface area contributed by atoms with Crippen LogP contribution in [0.2, 0.25) is 5.15 Å². The Kier molecular flexibility index (Phi) is 3.12. The monoisotopic (exact) mass is 239 g/mol. The van der Waals surface area contributed by atoms with Gasteiger partial charge in [-0.05, 0) is 25.5 Å². The predicted molar refractivity (Wildman–Crippen MR) is 63.4 cm³/mol. The first-order chi connectivity index (χ1) is 7.63. The maximum atomic E-state index is 11.0. The fraction of sp³-hybridized carbons (Fsp3) is 0.455. The molecule has 5 heteroatoms. The first-order valence-corrected chi connectivity index (χ1v) is 5.61. The van der Waals surface area contributed by atoms with E-state index in [4.69, 9.17) is 11.6 Å². The van der Waals surface area contributed by atoms with E-state index < -0.39 is 0 Å². The quantitative estimate of drug-likeness (QED) is 0.582. The van der Waals surface area contributed by atoms with Crippen molar-refractivity contribution in [3.63, 3.8) is 0 Å². The van der Waals surface area contributed by atoms with Gasteiger partial charge in [-0.25, -0.2) is 9.99 Å². The molecule has 2 heterocycles. The first-order valence-electron chi connectivity index (χ1n) is 5.23. The van der Waals surface area contributed by atoms with E-state index in [1.807, 2.05) is 29.2 Å². The van der Waals surface area contributed by atoms with Crippen molar-refractivity contribution in [2.24, 2.45) is 0 Å². The fourth-order valence-electron chi connectivity index (χ4n) is 2.02. The second kappa shape index (κ2) is 4.39. The van der Waals surface area contributed by atoms with Gasteiger partial charge in [0.2, 0.25) is 0 Å². The zero-order valence-electron chi connectivity index (χ0n) is 9.30. The molecule has 1 aromatic heterocycles. The summed E-state index contributed by atoms with van der Waals surface area (Å²) >= 11 is 5.85. The Hall–Kier alpha value is -1.13. The second-order valence-electron chi connectivity index (χ2n) is 4.02. The van der Waals surface area contributed by atoms with Crippen LogP contribution < -0.4 is 5.01 Å². The van der Waals surface area contributed by atoms with E-state index in [-0.39, 0.29) is 6.04 Å². The molecule has 0 N–H and O–H groups in total. The Balaban J connectivity index is 2.34. The number of carbonyl (C=O) groups excluding carboxylic acids is 1. The van der Waals surface area contributed by atoms with Crippen molar-refractivity contribution < 1.29 is 4.79 Å². The van der Waals surface area contributed by atoms with E-state index in [9.17, 15) is 4.79 Å². The van der Waals surface area contributed by atoms with Crippen LogP contribution in [-0.4, -0.2) is 35.4 Å². The number of halogens is 1. The lowest BCUT2D eigenvalue weighted by atomic mass is 10.1. The van der Waals surface area contributed by atoms with Crippen LogP contribution in [0.15, 0.2) is 18.2 Å². The fourth-order valence-corrected chi connectivity index (χ4v) is 2.18. The molecule has 16 heavy (non-hydrogen) atoms. The number of hydrogen-bond acceptors (Lipinski definition) is 4. The molecule has 1 aliphatic rings. The lowest BCUT2D eigenvalue weighted by molar-refractivity contribution is -0.108. The van der Waals surface area contributed by atoms with Crippen molar-refractivity contribution in [1.82, 2.24) is 9.99 Å². The van der Waals surface area contributed by atoms with Gasteiger partial charge >= 0.3 is 0 Å². The zero-order chi connectivity index (χ0) is 11.7. The molecule has 0 saturated carbocycles. The standard InChI is InChI=1S/C11H14ClN3O/c1-8-6-9(7-16)15(14(8)2)11-5-3-4-10(12)13-11/h3-5,7-9H,6H2,1-2H3. The summed E-state index contributed by atoms with van der Waals surface area (Å²) in [6, 6.07) is 5.60. The number of aromatic nitrogens is 1. The van der Waals surface area contributed by atoms with Crippen LogP contribution in [0.1, 0.15) is 13.3 Å². The number of pyridine rings is 1. The topological polar surface area (TPSA) is 36.4 Å². The van der Waals surface area contributed by atoms with Crippen molar-refractivity contribution in [2.45, 2.75) is 25.4 Å². The summed E-state index contributed by atoms with van der Waals surface area (Å²) in [6.07, 6.45) is 1.77. The average molecular weight is 240 g/mol. The number of anilines is 1. The third kappa shape index (κ3) is 1.90. The van der Waals surface area contributed by atoms with E-state index >= 15 is 0 Å². The number of hydrazine groups is 1. The molecule has 0 bridgehead atoms. The molecule has 1 fully saturated rings. The molecule has 2 unspecified atom stereocenters. The van der Waals surface area contributed by atoms with Crippen LogP contribution >= 0.6 is 11.6 Å². The van der Waals surface area contributed by atoms with Crippen molar-refractivity contribution in [2.75, 3.05) is 12.1 Å². The minimum Gasteiger partial charge on any atom is -0.301 e. The van der Waals surface area contributed by atoms with Crippen molar-refractivity contribution >= 4 is 23.7 Å². The molecule has 0 aliphatic carbocycles. The highest BCUT2D eigenvalue weighted by Gasteiger charge is 2.35. The summed E-state index contributed by atoms with van der Waals surface area (Å²) < 4.78 is 0. The Bertz CT molecular complexity index is 399. The summed E-state index contributed by atoms with van der Waals surface area (Å²) in [7, 11) is 1.96. The third-order valence-electron chi connectivity index (χ3n) is 2.97. The summed E-state index contributed by atoms with van der Waals surface area (Å²) in [5.74, 6) is 0.719. The summed E-state index contributed by atoms with van der Waals surface area (Å²) in [5, 5.41) is 4.36. The number of hydrogen-bond donors (Lipinski definition) is 0. The number of nitrogens with zero attached hydrogens (tertiary/aromatic N) is 3. The lowest BCUT2D eigenvalue weighted by Crippen LogP contribution is -2.41. The van der Waals surface area contributed by atoms with Crippen LogP contribution in [0, 0.1) is 0 Å².